The molecule has 2 aromatic rings. The van der Waals surface area contributed by atoms with Gasteiger partial charge in [0.1, 0.15) is 10.7 Å². The van der Waals surface area contributed by atoms with Gasteiger partial charge >= 0.3 is 0 Å². The van der Waals surface area contributed by atoms with E-state index in [0.717, 1.165) is 10.0 Å². The molecule has 9 heteroatoms. The molecule has 0 unspecified atom stereocenters. The minimum atomic E-state index is -3.68. The Morgan fingerprint density at radius 1 is 1.38 bits per heavy atom. The second-order valence-corrected chi connectivity index (χ2v) is 7.00. The van der Waals surface area contributed by atoms with E-state index in [4.69, 9.17) is 0 Å². The SMILES string of the molecule is CNCCn1cc(S(=O)(=O)Nc2cc(C)c(Br)cn2)cn1. The van der Waals surface area contributed by atoms with Crippen LogP contribution in [0.2, 0.25) is 0 Å². The third kappa shape index (κ3) is 4.02. The predicted octanol–water partition coefficient (Wildman–Crippen LogP) is 1.37. The first-order chi connectivity index (χ1) is 9.92. The Labute approximate surface area is 132 Å². The van der Waals surface area contributed by atoms with Gasteiger partial charge in [0.05, 0.1) is 12.7 Å². The molecule has 0 radical (unpaired) electrons. The minimum Gasteiger partial charge on any atom is -0.318 e. The number of rotatable bonds is 6. The highest BCUT2D eigenvalue weighted by Gasteiger charge is 2.17. The van der Waals surface area contributed by atoms with Crippen molar-refractivity contribution in [3.05, 3.63) is 34.7 Å². The molecule has 7 nitrogen and oxygen atoms in total. The van der Waals surface area contributed by atoms with Gasteiger partial charge in [-0.15, -0.1) is 0 Å². The lowest BCUT2D eigenvalue weighted by Crippen LogP contribution is -2.15. The van der Waals surface area contributed by atoms with Crippen molar-refractivity contribution in [2.75, 3.05) is 18.3 Å². The van der Waals surface area contributed by atoms with Gasteiger partial charge in [0.15, 0.2) is 0 Å². The predicted molar refractivity (Wildman–Crippen MR) is 83.6 cm³/mol. The molecule has 0 aliphatic heterocycles. The third-order valence-corrected chi connectivity index (χ3v) is 4.94. The molecule has 21 heavy (non-hydrogen) atoms. The topological polar surface area (TPSA) is 88.9 Å². The first-order valence-electron chi connectivity index (χ1n) is 6.24. The van der Waals surface area contributed by atoms with Crippen molar-refractivity contribution in [1.29, 1.82) is 0 Å². The quantitative estimate of drug-likeness (QED) is 0.797. The van der Waals surface area contributed by atoms with Gasteiger partial charge in [-0.25, -0.2) is 13.4 Å². The van der Waals surface area contributed by atoms with Crippen LogP contribution < -0.4 is 10.0 Å². The highest BCUT2D eigenvalue weighted by molar-refractivity contribution is 9.10. The number of anilines is 1. The summed E-state index contributed by atoms with van der Waals surface area (Å²) in [5.74, 6) is 0.277. The summed E-state index contributed by atoms with van der Waals surface area (Å²) >= 11 is 3.32. The number of nitrogens with one attached hydrogen (secondary N) is 2. The maximum atomic E-state index is 12.3. The van der Waals surface area contributed by atoms with Crippen LogP contribution in [0.3, 0.4) is 0 Å². The van der Waals surface area contributed by atoms with Gasteiger partial charge in [0.25, 0.3) is 10.0 Å². The highest BCUT2D eigenvalue weighted by atomic mass is 79.9. The molecule has 0 fully saturated rings. The van der Waals surface area contributed by atoms with E-state index in [2.05, 4.69) is 36.1 Å². The van der Waals surface area contributed by atoms with Crippen molar-refractivity contribution in [1.82, 2.24) is 20.1 Å². The van der Waals surface area contributed by atoms with Gasteiger partial charge in [0.2, 0.25) is 0 Å². The van der Waals surface area contributed by atoms with Crippen molar-refractivity contribution in [3.63, 3.8) is 0 Å². The second kappa shape index (κ2) is 6.54. The number of aromatic nitrogens is 3. The maximum Gasteiger partial charge on any atom is 0.266 e. The Morgan fingerprint density at radius 2 is 2.14 bits per heavy atom. The third-order valence-electron chi connectivity index (χ3n) is 2.80. The van der Waals surface area contributed by atoms with Gasteiger partial charge in [-0.1, -0.05) is 0 Å². The van der Waals surface area contributed by atoms with E-state index in [-0.39, 0.29) is 10.7 Å². The smallest absolute Gasteiger partial charge is 0.266 e. The summed E-state index contributed by atoms with van der Waals surface area (Å²) in [6.07, 6.45) is 4.37. The molecule has 0 spiro atoms. The van der Waals surface area contributed by atoms with Gasteiger partial charge in [0, 0.05) is 23.4 Å². The molecular formula is C12H16BrN5O2S. The molecule has 0 saturated carbocycles. The van der Waals surface area contributed by atoms with Crippen molar-refractivity contribution in [3.8, 4) is 0 Å². The summed E-state index contributed by atoms with van der Waals surface area (Å²) in [4.78, 5) is 4.14. The Bertz CT molecular complexity index is 729. The number of pyridine rings is 1. The van der Waals surface area contributed by atoms with E-state index < -0.39 is 10.0 Å². The molecule has 0 amide bonds. The van der Waals surface area contributed by atoms with Gasteiger partial charge < -0.3 is 5.32 Å². The molecule has 2 aromatic heterocycles. The van der Waals surface area contributed by atoms with Crippen LogP contribution in [-0.2, 0) is 16.6 Å². The average Bonchev–Trinajstić information content (AvgIpc) is 2.90. The Morgan fingerprint density at radius 3 is 2.81 bits per heavy atom. The van der Waals surface area contributed by atoms with Crippen molar-refractivity contribution >= 4 is 31.8 Å². The van der Waals surface area contributed by atoms with Crippen molar-refractivity contribution < 1.29 is 8.42 Å². The Balaban J connectivity index is 2.17. The monoisotopic (exact) mass is 373 g/mol. The number of hydrogen-bond donors (Lipinski definition) is 2. The summed E-state index contributed by atoms with van der Waals surface area (Å²) in [6, 6.07) is 1.66. The number of sulfonamides is 1. The van der Waals surface area contributed by atoms with Crippen LogP contribution in [0.1, 0.15) is 5.56 Å². The van der Waals surface area contributed by atoms with Gasteiger partial charge in [-0.05, 0) is 41.5 Å². The second-order valence-electron chi connectivity index (χ2n) is 4.47. The fraction of sp³-hybridized carbons (Fsp3) is 0.333. The van der Waals surface area contributed by atoms with Crippen LogP contribution in [0.4, 0.5) is 5.82 Å². The Hall–Kier alpha value is -1.45. The zero-order valence-corrected chi connectivity index (χ0v) is 14.1. The number of likely N-dealkylation sites (N-methyl/N-ethyl adjacent to an activating group) is 1. The minimum absolute atomic E-state index is 0.112. The fourth-order valence-corrected chi connectivity index (χ4v) is 2.79. The molecule has 2 heterocycles. The normalized spacial score (nSPS) is 11.6. The van der Waals surface area contributed by atoms with Crippen molar-refractivity contribution in [2.24, 2.45) is 0 Å². The fourth-order valence-electron chi connectivity index (χ4n) is 1.62. The number of hydrogen-bond acceptors (Lipinski definition) is 5. The molecule has 114 valence electrons. The molecule has 0 aromatic carbocycles. The van der Waals surface area contributed by atoms with Crippen LogP contribution in [0.25, 0.3) is 0 Å². The van der Waals surface area contributed by atoms with E-state index >= 15 is 0 Å². The summed E-state index contributed by atoms with van der Waals surface area (Å²) in [7, 11) is -1.86. The maximum absolute atomic E-state index is 12.3. The molecule has 2 rings (SSSR count). The van der Waals surface area contributed by atoms with Crippen LogP contribution in [0, 0.1) is 6.92 Å². The largest absolute Gasteiger partial charge is 0.318 e. The molecule has 2 N–H and O–H groups in total. The van der Waals surface area contributed by atoms with E-state index in [0.29, 0.717) is 13.1 Å². The summed E-state index contributed by atoms with van der Waals surface area (Å²) in [5, 5.41) is 7.00. The van der Waals surface area contributed by atoms with Crippen LogP contribution in [0.5, 0.6) is 0 Å². The summed E-state index contributed by atoms with van der Waals surface area (Å²) in [5.41, 5.74) is 0.896. The number of nitrogens with zero attached hydrogens (tertiary/aromatic N) is 3. The van der Waals surface area contributed by atoms with Crippen molar-refractivity contribution in [2.45, 2.75) is 18.4 Å². The standard InChI is InChI=1S/C12H16BrN5O2S/c1-9-5-12(15-7-11(9)13)17-21(19,20)10-6-16-18(8-10)4-3-14-2/h5-8,14H,3-4H2,1-2H3,(H,15,17). The lowest BCUT2D eigenvalue weighted by molar-refractivity contribution is 0.582. The van der Waals surface area contributed by atoms with E-state index in [1.165, 1.54) is 12.4 Å². The molecular weight excluding hydrogens is 358 g/mol. The lowest BCUT2D eigenvalue weighted by Gasteiger charge is -2.06. The van der Waals surface area contributed by atoms with Gasteiger partial charge in [-0.3, -0.25) is 9.40 Å². The summed E-state index contributed by atoms with van der Waals surface area (Å²) < 4.78 is 29.3. The van der Waals surface area contributed by atoms with Crippen LogP contribution in [-0.4, -0.2) is 36.8 Å². The molecule has 0 aliphatic rings. The lowest BCUT2D eigenvalue weighted by atomic mass is 10.3. The Kier molecular flexibility index (Phi) is 4.96. The molecule has 0 atom stereocenters. The zero-order chi connectivity index (χ0) is 15.5. The summed E-state index contributed by atoms with van der Waals surface area (Å²) in [6.45, 7) is 3.17. The molecule has 0 bridgehead atoms. The molecule has 0 aliphatic carbocycles. The number of aryl methyl sites for hydroxylation is 1. The van der Waals surface area contributed by atoms with E-state index in [9.17, 15) is 8.42 Å². The van der Waals surface area contributed by atoms with Gasteiger partial charge in [-0.2, -0.15) is 5.10 Å². The zero-order valence-electron chi connectivity index (χ0n) is 11.7. The highest BCUT2D eigenvalue weighted by Crippen LogP contribution is 2.19. The van der Waals surface area contributed by atoms with Crippen LogP contribution >= 0.6 is 15.9 Å². The van der Waals surface area contributed by atoms with Crippen LogP contribution in [0.15, 0.2) is 34.0 Å². The molecule has 0 saturated heterocycles. The first kappa shape index (κ1) is 15.9. The average molecular weight is 374 g/mol. The number of halogens is 1. The van der Waals surface area contributed by atoms with E-state index in [1.807, 2.05) is 14.0 Å². The van der Waals surface area contributed by atoms with E-state index in [1.54, 1.807) is 16.9 Å². The first-order valence-corrected chi connectivity index (χ1v) is 8.52.